The number of fused-ring (bicyclic) bond motifs is 1. The van der Waals surface area contributed by atoms with E-state index in [0.717, 1.165) is 22.4 Å². The Bertz CT molecular complexity index is 951. The van der Waals surface area contributed by atoms with E-state index in [9.17, 15) is 4.39 Å². The van der Waals surface area contributed by atoms with Crippen molar-refractivity contribution in [2.24, 2.45) is 4.99 Å². The van der Waals surface area contributed by atoms with E-state index in [0.29, 0.717) is 11.4 Å². The van der Waals surface area contributed by atoms with Crippen molar-refractivity contribution in [3.05, 3.63) is 95.3 Å². The van der Waals surface area contributed by atoms with E-state index in [2.05, 4.69) is 0 Å². The highest BCUT2D eigenvalue weighted by molar-refractivity contribution is 6.15. The summed E-state index contributed by atoms with van der Waals surface area (Å²) in [6, 6.07) is 21.6. The first kappa shape index (κ1) is 15.4. The summed E-state index contributed by atoms with van der Waals surface area (Å²) in [6.45, 7) is 1.91. The average Bonchev–Trinajstić information content (AvgIpc) is 2.62. The summed E-state index contributed by atoms with van der Waals surface area (Å²) >= 11 is 0. The smallest absolute Gasteiger partial charge is 0.224 e. The van der Waals surface area contributed by atoms with Crippen LogP contribution in [0.15, 0.2) is 77.8 Å². The van der Waals surface area contributed by atoms with E-state index in [1.54, 1.807) is 18.2 Å². The third-order valence-electron chi connectivity index (χ3n) is 4.32. The number of aliphatic imine (C=N–C) groups is 1. The van der Waals surface area contributed by atoms with Crippen LogP contribution in [-0.2, 0) is 5.72 Å². The van der Waals surface area contributed by atoms with Crippen LogP contribution >= 0.6 is 0 Å². The molecule has 0 saturated carbocycles. The minimum Gasteiger partial charge on any atom is -0.461 e. The molecule has 0 radical (unpaired) electrons. The highest BCUT2D eigenvalue weighted by Gasteiger charge is 2.34. The SMILES string of the molecule is CC1(c2ccccc2)N=C(c2ccc(F)cc2)c2ccc(N)cc2O1. The largest absolute Gasteiger partial charge is 0.461 e. The lowest BCUT2D eigenvalue weighted by Crippen LogP contribution is -2.33. The van der Waals surface area contributed by atoms with Crippen LogP contribution in [0, 0.1) is 5.82 Å². The molecule has 1 heterocycles. The topological polar surface area (TPSA) is 47.6 Å². The Labute approximate surface area is 145 Å². The van der Waals surface area contributed by atoms with Gasteiger partial charge in [-0.3, -0.25) is 0 Å². The molecule has 1 aliphatic heterocycles. The summed E-state index contributed by atoms with van der Waals surface area (Å²) in [5, 5.41) is 0. The predicted molar refractivity (Wildman–Crippen MR) is 97.3 cm³/mol. The van der Waals surface area contributed by atoms with Crippen LogP contribution in [0.4, 0.5) is 10.1 Å². The maximum atomic E-state index is 13.3. The number of benzene rings is 3. The first-order valence-corrected chi connectivity index (χ1v) is 8.05. The number of halogens is 1. The third-order valence-corrected chi connectivity index (χ3v) is 4.32. The second-order valence-corrected chi connectivity index (χ2v) is 6.17. The first-order chi connectivity index (χ1) is 12.0. The molecule has 4 heteroatoms. The van der Waals surface area contributed by atoms with Crippen LogP contribution < -0.4 is 10.5 Å². The minimum atomic E-state index is -0.883. The molecular formula is C21H17FN2O. The molecule has 2 N–H and O–H groups in total. The van der Waals surface area contributed by atoms with Crippen LogP contribution in [0.25, 0.3) is 0 Å². The molecule has 1 unspecified atom stereocenters. The molecule has 4 rings (SSSR count). The van der Waals surface area contributed by atoms with Crippen molar-refractivity contribution >= 4 is 11.4 Å². The van der Waals surface area contributed by atoms with Crippen molar-refractivity contribution in [3.63, 3.8) is 0 Å². The molecule has 1 atom stereocenters. The molecule has 0 saturated heterocycles. The van der Waals surface area contributed by atoms with Gasteiger partial charge >= 0.3 is 0 Å². The van der Waals surface area contributed by atoms with Gasteiger partial charge in [-0.05, 0) is 36.4 Å². The van der Waals surface area contributed by atoms with Gasteiger partial charge in [0.1, 0.15) is 11.6 Å². The summed E-state index contributed by atoms with van der Waals surface area (Å²) in [5.74, 6) is 0.389. The second-order valence-electron chi connectivity index (χ2n) is 6.17. The van der Waals surface area contributed by atoms with Crippen molar-refractivity contribution in [2.75, 3.05) is 5.73 Å². The van der Waals surface area contributed by atoms with Gasteiger partial charge in [0.15, 0.2) is 0 Å². The van der Waals surface area contributed by atoms with Gasteiger partial charge in [-0.25, -0.2) is 9.38 Å². The molecule has 25 heavy (non-hydrogen) atoms. The highest BCUT2D eigenvalue weighted by atomic mass is 19.1. The van der Waals surface area contributed by atoms with Crippen LogP contribution in [0.1, 0.15) is 23.6 Å². The monoisotopic (exact) mass is 332 g/mol. The lowest BCUT2D eigenvalue weighted by Gasteiger charge is -2.33. The molecule has 3 aromatic rings. The fraction of sp³-hybridized carbons (Fsp3) is 0.0952. The minimum absolute atomic E-state index is 0.278. The third kappa shape index (κ3) is 2.76. The Balaban J connectivity index is 1.93. The number of hydrogen-bond acceptors (Lipinski definition) is 3. The van der Waals surface area contributed by atoms with E-state index in [1.807, 2.05) is 49.4 Å². The second kappa shape index (κ2) is 5.74. The van der Waals surface area contributed by atoms with Gasteiger partial charge in [-0.2, -0.15) is 0 Å². The van der Waals surface area contributed by atoms with E-state index in [4.69, 9.17) is 15.5 Å². The molecule has 0 bridgehead atoms. The van der Waals surface area contributed by atoms with Crippen molar-refractivity contribution < 1.29 is 9.13 Å². The fourth-order valence-corrected chi connectivity index (χ4v) is 3.03. The van der Waals surface area contributed by atoms with Crippen LogP contribution in [-0.4, -0.2) is 5.71 Å². The Kier molecular flexibility index (Phi) is 3.53. The maximum absolute atomic E-state index is 13.3. The van der Waals surface area contributed by atoms with E-state index in [1.165, 1.54) is 12.1 Å². The molecule has 0 amide bonds. The number of hydrogen-bond donors (Lipinski definition) is 1. The van der Waals surface area contributed by atoms with Crippen molar-refractivity contribution in [1.29, 1.82) is 0 Å². The molecule has 3 aromatic carbocycles. The number of nitrogens with two attached hydrogens (primary N) is 1. The van der Waals surface area contributed by atoms with Gasteiger partial charge in [0.2, 0.25) is 5.72 Å². The number of rotatable bonds is 2. The highest BCUT2D eigenvalue weighted by Crippen LogP contribution is 2.39. The Morgan fingerprint density at radius 1 is 0.960 bits per heavy atom. The van der Waals surface area contributed by atoms with E-state index < -0.39 is 5.72 Å². The summed E-state index contributed by atoms with van der Waals surface area (Å²) < 4.78 is 19.6. The Morgan fingerprint density at radius 2 is 1.68 bits per heavy atom. The lowest BCUT2D eigenvalue weighted by atomic mass is 9.96. The van der Waals surface area contributed by atoms with Gasteiger partial charge in [-0.15, -0.1) is 0 Å². The summed E-state index contributed by atoms with van der Waals surface area (Å²) in [6.07, 6.45) is 0. The molecular weight excluding hydrogens is 315 g/mol. The zero-order valence-corrected chi connectivity index (χ0v) is 13.7. The molecule has 0 spiro atoms. The zero-order chi connectivity index (χ0) is 17.4. The van der Waals surface area contributed by atoms with E-state index in [-0.39, 0.29) is 5.82 Å². The maximum Gasteiger partial charge on any atom is 0.224 e. The summed E-state index contributed by atoms with van der Waals surface area (Å²) in [4.78, 5) is 4.89. The summed E-state index contributed by atoms with van der Waals surface area (Å²) in [7, 11) is 0. The molecule has 0 aromatic heterocycles. The van der Waals surface area contributed by atoms with Crippen LogP contribution in [0.2, 0.25) is 0 Å². The van der Waals surface area contributed by atoms with Gasteiger partial charge in [0.05, 0.1) is 5.71 Å². The van der Waals surface area contributed by atoms with Gasteiger partial charge < -0.3 is 10.5 Å². The van der Waals surface area contributed by atoms with Crippen molar-refractivity contribution in [3.8, 4) is 5.75 Å². The summed E-state index contributed by atoms with van der Waals surface area (Å²) in [5.41, 5.74) is 9.04. The number of anilines is 1. The van der Waals surface area contributed by atoms with Crippen LogP contribution in [0.3, 0.4) is 0 Å². The molecule has 1 aliphatic rings. The van der Waals surface area contributed by atoms with E-state index >= 15 is 0 Å². The quantitative estimate of drug-likeness (QED) is 0.702. The standard InChI is InChI=1S/C21H17FN2O/c1-21(15-5-3-2-4-6-15)24-20(14-7-9-16(22)10-8-14)18-12-11-17(23)13-19(18)25-21/h2-13H,23H2,1H3. The molecule has 3 nitrogen and oxygen atoms in total. The first-order valence-electron chi connectivity index (χ1n) is 8.05. The predicted octanol–water partition coefficient (Wildman–Crippen LogP) is 4.51. The number of ether oxygens (including phenoxy) is 1. The normalized spacial score (nSPS) is 18.9. The molecule has 0 fully saturated rings. The molecule has 124 valence electrons. The molecule has 0 aliphatic carbocycles. The zero-order valence-electron chi connectivity index (χ0n) is 13.7. The number of nitrogen functional groups attached to an aromatic ring is 1. The van der Waals surface area contributed by atoms with Crippen molar-refractivity contribution in [2.45, 2.75) is 12.6 Å². The Hall–Kier alpha value is -3.14. The lowest BCUT2D eigenvalue weighted by molar-refractivity contribution is 0.0931. The fourth-order valence-electron chi connectivity index (χ4n) is 3.03. The van der Waals surface area contributed by atoms with Gasteiger partial charge in [0, 0.05) is 35.4 Å². The van der Waals surface area contributed by atoms with Gasteiger partial charge in [-0.1, -0.05) is 30.3 Å². The van der Waals surface area contributed by atoms with Crippen LogP contribution in [0.5, 0.6) is 5.75 Å². The van der Waals surface area contributed by atoms with Crippen molar-refractivity contribution in [1.82, 2.24) is 0 Å². The van der Waals surface area contributed by atoms with Gasteiger partial charge in [0.25, 0.3) is 0 Å². The Morgan fingerprint density at radius 3 is 2.40 bits per heavy atom. The average molecular weight is 332 g/mol. The number of nitrogens with zero attached hydrogens (tertiary/aromatic N) is 1.